The van der Waals surface area contributed by atoms with Crippen molar-refractivity contribution in [3.05, 3.63) is 77.2 Å². The number of piperidine rings is 1. The second-order valence-electron chi connectivity index (χ2n) is 13.4. The second kappa shape index (κ2) is 15.8. The van der Waals surface area contributed by atoms with E-state index in [1.54, 1.807) is 0 Å². The summed E-state index contributed by atoms with van der Waals surface area (Å²) in [5.41, 5.74) is 4.62. The van der Waals surface area contributed by atoms with Gasteiger partial charge in [-0.3, -0.25) is 9.69 Å². The molecular weight excluding hydrogens is 530 g/mol. The summed E-state index contributed by atoms with van der Waals surface area (Å²) in [7, 11) is 0. The molecule has 3 heterocycles. The molecule has 0 amide bonds. The van der Waals surface area contributed by atoms with Crippen LogP contribution >= 0.6 is 0 Å². The van der Waals surface area contributed by atoms with Crippen LogP contribution in [-0.4, -0.2) is 53.3 Å². The Kier molecular flexibility index (Phi) is 11.6. The van der Waals surface area contributed by atoms with E-state index in [4.69, 9.17) is 9.40 Å². The number of Topliss-reactive ketones (excluding diaryl/α,β-unsaturated/α-hetero) is 1. The maximum absolute atomic E-state index is 13.4. The van der Waals surface area contributed by atoms with Crippen molar-refractivity contribution in [2.45, 2.75) is 91.5 Å². The number of rotatable bonds is 13. The molecule has 232 valence electrons. The summed E-state index contributed by atoms with van der Waals surface area (Å²) in [6.07, 6.45) is 12.0. The SMILES string of the molecule is Cc1oc(-c2ccc(Cc3ccccc3)cc2)nc1CN1CCC(C(=O)C(C)C(C)CCCCN2CCCCCC2)CC1. The molecule has 0 N–H and O–H groups in total. The van der Waals surface area contributed by atoms with Gasteiger partial charge in [0.1, 0.15) is 11.5 Å². The van der Waals surface area contributed by atoms with Crippen LogP contribution in [0.25, 0.3) is 11.5 Å². The second-order valence-corrected chi connectivity index (χ2v) is 13.4. The van der Waals surface area contributed by atoms with Crippen LogP contribution in [0, 0.1) is 24.7 Å². The fourth-order valence-corrected chi connectivity index (χ4v) is 6.95. The molecule has 0 radical (unpaired) electrons. The van der Waals surface area contributed by atoms with Gasteiger partial charge in [0, 0.05) is 23.9 Å². The first kappa shape index (κ1) is 31.7. The van der Waals surface area contributed by atoms with E-state index in [9.17, 15) is 4.79 Å². The van der Waals surface area contributed by atoms with Crippen molar-refractivity contribution in [3.8, 4) is 11.5 Å². The summed E-state index contributed by atoms with van der Waals surface area (Å²) in [5.74, 6) is 2.91. The Morgan fingerprint density at radius 2 is 1.53 bits per heavy atom. The molecule has 2 saturated heterocycles. The van der Waals surface area contributed by atoms with Crippen LogP contribution in [-0.2, 0) is 17.8 Å². The highest BCUT2D eigenvalue weighted by atomic mass is 16.4. The molecule has 2 aliphatic heterocycles. The number of hydrogen-bond donors (Lipinski definition) is 0. The van der Waals surface area contributed by atoms with Crippen molar-refractivity contribution in [3.63, 3.8) is 0 Å². The molecule has 2 aliphatic rings. The molecule has 1 aromatic heterocycles. The number of oxazole rings is 1. The van der Waals surface area contributed by atoms with E-state index in [-0.39, 0.29) is 11.8 Å². The number of hydrogen-bond acceptors (Lipinski definition) is 5. The average Bonchev–Trinajstić information content (AvgIpc) is 3.21. The number of carbonyl (C=O) groups is 1. The third kappa shape index (κ3) is 9.12. The molecule has 0 aliphatic carbocycles. The average molecular weight is 584 g/mol. The van der Waals surface area contributed by atoms with Crippen LogP contribution in [0.4, 0.5) is 0 Å². The normalized spacial score (nSPS) is 18.8. The summed E-state index contributed by atoms with van der Waals surface area (Å²) in [5, 5.41) is 0. The predicted octanol–water partition coefficient (Wildman–Crippen LogP) is 8.34. The minimum Gasteiger partial charge on any atom is -0.441 e. The number of likely N-dealkylation sites (tertiary alicyclic amines) is 2. The number of nitrogens with zero attached hydrogens (tertiary/aromatic N) is 3. The minimum atomic E-state index is 0.161. The zero-order chi connectivity index (χ0) is 30.0. The summed E-state index contributed by atoms with van der Waals surface area (Å²) in [6, 6.07) is 19.1. The lowest BCUT2D eigenvalue weighted by Gasteiger charge is -2.33. The lowest BCUT2D eigenvalue weighted by atomic mass is 9.79. The Morgan fingerprint density at radius 3 is 2.23 bits per heavy atom. The van der Waals surface area contributed by atoms with Crippen LogP contribution < -0.4 is 0 Å². The fraction of sp³-hybridized carbons (Fsp3) is 0.579. The summed E-state index contributed by atoms with van der Waals surface area (Å²) >= 11 is 0. The zero-order valence-corrected chi connectivity index (χ0v) is 26.9. The minimum absolute atomic E-state index is 0.161. The third-order valence-electron chi connectivity index (χ3n) is 10.1. The Morgan fingerprint density at radius 1 is 0.860 bits per heavy atom. The van der Waals surface area contributed by atoms with E-state index in [2.05, 4.69) is 78.2 Å². The molecule has 0 bridgehead atoms. The van der Waals surface area contributed by atoms with Gasteiger partial charge in [0.15, 0.2) is 0 Å². The quantitative estimate of drug-likeness (QED) is 0.189. The van der Waals surface area contributed by atoms with Crippen LogP contribution in [0.15, 0.2) is 59.0 Å². The Bertz CT molecular complexity index is 1250. The van der Waals surface area contributed by atoms with Gasteiger partial charge in [-0.2, -0.15) is 0 Å². The zero-order valence-electron chi connectivity index (χ0n) is 26.9. The molecular formula is C38H53N3O2. The van der Waals surface area contributed by atoms with Gasteiger partial charge in [0.25, 0.3) is 0 Å². The fourth-order valence-electron chi connectivity index (χ4n) is 6.95. The topological polar surface area (TPSA) is 49.6 Å². The highest BCUT2D eigenvalue weighted by Gasteiger charge is 2.31. The number of ketones is 1. The number of carbonyl (C=O) groups excluding carboxylic acids is 1. The van der Waals surface area contributed by atoms with Gasteiger partial charge in [0.2, 0.25) is 5.89 Å². The standard InChI is InChI=1S/C38H53N3O2/c1-29(13-9-12-24-40-22-10-4-5-11-23-40)30(2)37(42)34-20-25-41(26-21-34)28-36-31(3)43-38(39-36)35-18-16-33(17-19-35)27-32-14-7-6-8-15-32/h6-8,14-19,29-30,34H,4-5,9-13,20-28H2,1-3H3. The predicted molar refractivity (Wildman–Crippen MR) is 176 cm³/mol. The van der Waals surface area contributed by atoms with E-state index in [0.29, 0.717) is 17.6 Å². The van der Waals surface area contributed by atoms with E-state index in [0.717, 1.165) is 55.9 Å². The molecule has 5 nitrogen and oxygen atoms in total. The number of unbranched alkanes of at least 4 members (excludes halogenated alkanes) is 1. The number of aromatic nitrogens is 1. The van der Waals surface area contributed by atoms with E-state index < -0.39 is 0 Å². The van der Waals surface area contributed by atoms with Crippen molar-refractivity contribution >= 4 is 5.78 Å². The third-order valence-corrected chi connectivity index (χ3v) is 10.1. The van der Waals surface area contributed by atoms with Gasteiger partial charge in [-0.15, -0.1) is 0 Å². The molecule has 0 saturated carbocycles. The van der Waals surface area contributed by atoms with Crippen molar-refractivity contribution in [1.29, 1.82) is 0 Å². The Hall–Kier alpha value is -2.76. The highest BCUT2D eigenvalue weighted by Crippen LogP contribution is 2.29. The number of aryl methyl sites for hydroxylation is 1. The van der Waals surface area contributed by atoms with E-state index >= 15 is 0 Å². The molecule has 2 unspecified atom stereocenters. The van der Waals surface area contributed by atoms with Crippen LogP contribution in [0.3, 0.4) is 0 Å². The largest absolute Gasteiger partial charge is 0.441 e. The number of benzene rings is 2. The van der Waals surface area contributed by atoms with Crippen LogP contribution in [0.5, 0.6) is 0 Å². The van der Waals surface area contributed by atoms with Crippen molar-refractivity contribution < 1.29 is 9.21 Å². The molecule has 5 heteroatoms. The van der Waals surface area contributed by atoms with Gasteiger partial charge < -0.3 is 9.32 Å². The maximum atomic E-state index is 13.4. The summed E-state index contributed by atoms with van der Waals surface area (Å²) < 4.78 is 6.10. The van der Waals surface area contributed by atoms with Crippen LogP contribution in [0.2, 0.25) is 0 Å². The van der Waals surface area contributed by atoms with Gasteiger partial charge in [-0.25, -0.2) is 4.98 Å². The van der Waals surface area contributed by atoms with Crippen LogP contribution in [0.1, 0.15) is 94.2 Å². The van der Waals surface area contributed by atoms with Crippen molar-refractivity contribution in [1.82, 2.24) is 14.8 Å². The van der Waals surface area contributed by atoms with E-state index in [1.807, 2.05) is 6.92 Å². The monoisotopic (exact) mass is 583 g/mol. The lowest BCUT2D eigenvalue weighted by Crippen LogP contribution is -2.38. The smallest absolute Gasteiger partial charge is 0.226 e. The van der Waals surface area contributed by atoms with Gasteiger partial charge in [-0.05, 0) is 114 Å². The molecule has 3 aromatic rings. The summed E-state index contributed by atoms with van der Waals surface area (Å²) in [6.45, 7) is 13.0. The molecule has 2 aromatic carbocycles. The van der Waals surface area contributed by atoms with Gasteiger partial charge in [0.05, 0.1) is 5.69 Å². The Balaban J connectivity index is 1.04. The highest BCUT2D eigenvalue weighted by molar-refractivity contribution is 5.83. The van der Waals surface area contributed by atoms with E-state index in [1.165, 1.54) is 75.7 Å². The van der Waals surface area contributed by atoms with Crippen molar-refractivity contribution in [2.75, 3.05) is 32.7 Å². The Labute approximate surface area is 260 Å². The summed E-state index contributed by atoms with van der Waals surface area (Å²) in [4.78, 5) is 23.4. The van der Waals surface area contributed by atoms with Gasteiger partial charge >= 0.3 is 0 Å². The maximum Gasteiger partial charge on any atom is 0.226 e. The lowest BCUT2D eigenvalue weighted by molar-refractivity contribution is -0.129. The first-order valence-electron chi connectivity index (χ1n) is 17.0. The van der Waals surface area contributed by atoms with Gasteiger partial charge in [-0.1, -0.05) is 75.6 Å². The molecule has 43 heavy (non-hydrogen) atoms. The first-order chi connectivity index (χ1) is 21.0. The first-order valence-corrected chi connectivity index (χ1v) is 17.0. The molecule has 0 spiro atoms. The van der Waals surface area contributed by atoms with Crippen molar-refractivity contribution in [2.24, 2.45) is 17.8 Å². The molecule has 2 fully saturated rings. The molecule has 5 rings (SSSR count). The molecule has 2 atom stereocenters.